The molecule has 0 saturated carbocycles. The maximum atomic E-state index is 14.6. The second kappa shape index (κ2) is 13.7. The number of amides is 2. The van der Waals surface area contributed by atoms with E-state index in [1.807, 2.05) is 38.1 Å². The van der Waals surface area contributed by atoms with E-state index in [9.17, 15) is 19.5 Å². The van der Waals surface area contributed by atoms with E-state index in [1.54, 1.807) is 15.9 Å². The van der Waals surface area contributed by atoms with E-state index in [0.29, 0.717) is 38.6 Å². The van der Waals surface area contributed by atoms with E-state index >= 15 is 0 Å². The van der Waals surface area contributed by atoms with Crippen molar-refractivity contribution in [3.05, 3.63) is 54.6 Å². The molecule has 1 spiro atoms. The number of alkyl halides is 1. The lowest BCUT2D eigenvalue weighted by atomic mass is 9.70. The molecule has 3 heterocycles. The molecule has 3 unspecified atom stereocenters. The lowest BCUT2D eigenvalue weighted by molar-refractivity contribution is -0.155. The van der Waals surface area contributed by atoms with Crippen molar-refractivity contribution in [3.8, 4) is 0 Å². The highest BCUT2D eigenvalue weighted by molar-refractivity contribution is 9.09. The van der Waals surface area contributed by atoms with Gasteiger partial charge in [0.15, 0.2) is 0 Å². The number of hydrogen-bond donors (Lipinski definition) is 1. The minimum absolute atomic E-state index is 0.0688. The normalized spacial score (nSPS) is 28.0. The van der Waals surface area contributed by atoms with Gasteiger partial charge in [-0.2, -0.15) is 0 Å². The van der Waals surface area contributed by atoms with Crippen LogP contribution in [0.1, 0.15) is 56.1 Å². The van der Waals surface area contributed by atoms with Gasteiger partial charge in [0.1, 0.15) is 11.6 Å². The Kier molecular flexibility index (Phi) is 10.5. The number of benzene rings is 1. The highest BCUT2D eigenvalue weighted by Gasteiger charge is 2.77. The third kappa shape index (κ3) is 6.04. The fraction of sp³-hybridized carbons (Fsp3) is 0.594. The zero-order valence-electron chi connectivity index (χ0n) is 24.2. The molecule has 224 valence electrons. The average molecular weight is 632 g/mol. The molecule has 3 saturated heterocycles. The molecule has 8 nitrogen and oxygen atoms in total. The molecule has 2 amide bonds. The Bertz CT molecular complexity index is 1160. The van der Waals surface area contributed by atoms with Crippen LogP contribution in [0.3, 0.4) is 0 Å². The van der Waals surface area contributed by atoms with Gasteiger partial charge in [-0.25, -0.2) is 0 Å². The second-order valence-electron chi connectivity index (χ2n) is 11.5. The smallest absolute Gasteiger partial charge is 0.312 e. The highest BCUT2D eigenvalue weighted by Crippen LogP contribution is 2.60. The predicted molar refractivity (Wildman–Crippen MR) is 162 cm³/mol. The fourth-order valence-electron chi connectivity index (χ4n) is 6.74. The van der Waals surface area contributed by atoms with Gasteiger partial charge in [0, 0.05) is 30.2 Å². The SMILES string of the molecule is C=CCCCCOC(=O)[C@H]1[C@H]2C(=O)N(CCCCCO)C(C(=O)N(CC=C)c3cc(C)ccc3C)C23CC(Br)[C@@H]1O3. The molecule has 3 aliphatic heterocycles. The Hall–Kier alpha value is -2.49. The maximum absolute atomic E-state index is 14.6. The molecule has 1 aromatic rings. The lowest BCUT2D eigenvalue weighted by Gasteiger charge is -2.37. The van der Waals surface area contributed by atoms with Crippen LogP contribution in [0.4, 0.5) is 5.69 Å². The predicted octanol–water partition coefficient (Wildman–Crippen LogP) is 4.63. The van der Waals surface area contributed by atoms with E-state index in [1.165, 1.54) is 0 Å². The van der Waals surface area contributed by atoms with Crippen LogP contribution < -0.4 is 4.90 Å². The van der Waals surface area contributed by atoms with E-state index in [-0.39, 0.29) is 36.4 Å². The first kappa shape index (κ1) is 31.4. The monoisotopic (exact) mass is 630 g/mol. The molecule has 4 rings (SSSR count). The molecule has 41 heavy (non-hydrogen) atoms. The number of aliphatic hydroxyl groups is 1. The first-order valence-corrected chi connectivity index (χ1v) is 15.6. The van der Waals surface area contributed by atoms with Crippen LogP contribution in [0.5, 0.6) is 0 Å². The first-order chi connectivity index (χ1) is 19.7. The van der Waals surface area contributed by atoms with Gasteiger partial charge < -0.3 is 24.4 Å². The van der Waals surface area contributed by atoms with Gasteiger partial charge >= 0.3 is 5.97 Å². The summed E-state index contributed by atoms with van der Waals surface area (Å²) in [5.41, 5.74) is 1.57. The number of hydrogen-bond acceptors (Lipinski definition) is 6. The minimum atomic E-state index is -1.15. The van der Waals surface area contributed by atoms with Gasteiger partial charge in [0.05, 0.1) is 24.5 Å². The highest BCUT2D eigenvalue weighted by atomic mass is 79.9. The van der Waals surface area contributed by atoms with Gasteiger partial charge in [0.2, 0.25) is 5.91 Å². The number of rotatable bonds is 15. The molecule has 6 atom stereocenters. The Balaban J connectivity index is 1.70. The number of carbonyl (C=O) groups is 3. The van der Waals surface area contributed by atoms with Crippen LogP contribution in [0.15, 0.2) is 43.5 Å². The third-order valence-corrected chi connectivity index (χ3v) is 9.48. The molecule has 3 aliphatic rings. The van der Waals surface area contributed by atoms with Crippen LogP contribution in [0.2, 0.25) is 0 Å². The summed E-state index contributed by atoms with van der Waals surface area (Å²) in [4.78, 5) is 45.5. The molecule has 0 aliphatic carbocycles. The summed E-state index contributed by atoms with van der Waals surface area (Å²) >= 11 is 3.72. The Morgan fingerprint density at radius 3 is 2.68 bits per heavy atom. The third-order valence-electron chi connectivity index (χ3n) is 8.63. The minimum Gasteiger partial charge on any atom is -0.465 e. The van der Waals surface area contributed by atoms with E-state index < -0.39 is 35.6 Å². The van der Waals surface area contributed by atoms with Crippen molar-refractivity contribution in [2.75, 3.05) is 31.2 Å². The average Bonchev–Trinajstić information content (AvgIpc) is 3.54. The van der Waals surface area contributed by atoms with Gasteiger partial charge in [0.25, 0.3) is 5.91 Å². The number of allylic oxidation sites excluding steroid dienone is 1. The molecule has 9 heteroatoms. The van der Waals surface area contributed by atoms with E-state index in [0.717, 1.165) is 29.7 Å². The zero-order chi connectivity index (χ0) is 29.7. The van der Waals surface area contributed by atoms with Crippen molar-refractivity contribution in [1.29, 1.82) is 0 Å². The van der Waals surface area contributed by atoms with Gasteiger partial charge in [-0.05, 0) is 76.0 Å². The number of ether oxygens (including phenoxy) is 2. The fourth-order valence-corrected chi connectivity index (χ4v) is 7.69. The summed E-state index contributed by atoms with van der Waals surface area (Å²) in [6.45, 7) is 12.5. The number of anilines is 1. The topological polar surface area (TPSA) is 96.4 Å². The molecule has 1 N–H and O–H groups in total. The summed E-state index contributed by atoms with van der Waals surface area (Å²) in [5, 5.41) is 9.28. The molecule has 1 aromatic carbocycles. The number of halogens is 1. The number of aliphatic hydroxyl groups excluding tert-OH is 1. The van der Waals surface area contributed by atoms with E-state index in [2.05, 4.69) is 29.1 Å². The molecular formula is C32H43BrN2O6. The van der Waals surface area contributed by atoms with Crippen LogP contribution >= 0.6 is 15.9 Å². The number of carbonyl (C=O) groups excluding carboxylic acids is 3. The molecule has 2 bridgehead atoms. The van der Waals surface area contributed by atoms with Crippen molar-refractivity contribution in [2.24, 2.45) is 11.8 Å². The van der Waals surface area contributed by atoms with E-state index in [4.69, 9.17) is 9.47 Å². The lowest BCUT2D eigenvalue weighted by Crippen LogP contribution is -2.57. The number of likely N-dealkylation sites (tertiary alicyclic amines) is 1. The number of aryl methyl sites for hydroxylation is 2. The summed E-state index contributed by atoms with van der Waals surface area (Å²) < 4.78 is 12.3. The summed E-state index contributed by atoms with van der Waals surface area (Å²) in [7, 11) is 0. The van der Waals surface area contributed by atoms with Gasteiger partial charge in [-0.15, -0.1) is 13.2 Å². The van der Waals surface area contributed by atoms with Crippen molar-refractivity contribution in [2.45, 2.75) is 81.4 Å². The summed E-state index contributed by atoms with van der Waals surface area (Å²) in [6.07, 6.45) is 7.79. The van der Waals surface area contributed by atoms with Gasteiger partial charge in [-0.3, -0.25) is 14.4 Å². The number of fused-ring (bicyclic) bond motifs is 1. The second-order valence-corrected chi connectivity index (χ2v) is 12.6. The number of nitrogens with zero attached hydrogens (tertiary/aromatic N) is 2. The standard InChI is InChI=1S/C32H43BrN2O6/c1-5-7-8-12-18-40-31(39)25-26-29(37)35(16-10-9-11-17-36)28(32(26)20-23(33)27(25)41-32)30(38)34(15-6-2)24-19-21(3)13-14-22(24)4/h5-6,13-14,19,23,25-28,36H,1-2,7-12,15-18,20H2,3-4H3/t23?,25-,26-,27-,28?,32?/m0/s1. The first-order valence-electron chi connectivity index (χ1n) is 14.7. The largest absolute Gasteiger partial charge is 0.465 e. The number of esters is 1. The Morgan fingerprint density at radius 2 is 1.98 bits per heavy atom. The van der Waals surface area contributed by atoms with Crippen molar-refractivity contribution >= 4 is 39.4 Å². The quantitative estimate of drug-likeness (QED) is 0.131. The molecule has 0 radical (unpaired) electrons. The van der Waals surface area contributed by atoms with Crippen LogP contribution in [0.25, 0.3) is 0 Å². The molecular weight excluding hydrogens is 588 g/mol. The number of unbranched alkanes of at least 4 members (excludes halogenated alkanes) is 4. The van der Waals surface area contributed by atoms with Crippen LogP contribution in [0, 0.1) is 25.7 Å². The maximum Gasteiger partial charge on any atom is 0.312 e. The zero-order valence-corrected chi connectivity index (χ0v) is 25.8. The van der Waals surface area contributed by atoms with Crippen molar-refractivity contribution in [3.63, 3.8) is 0 Å². The molecule has 3 fully saturated rings. The van der Waals surface area contributed by atoms with Crippen LogP contribution in [-0.4, -0.2) is 76.7 Å². The summed E-state index contributed by atoms with van der Waals surface area (Å²) in [6, 6.07) is 5.06. The molecule has 0 aromatic heterocycles. The van der Waals surface area contributed by atoms with Crippen molar-refractivity contribution in [1.82, 2.24) is 4.90 Å². The Morgan fingerprint density at radius 1 is 1.20 bits per heavy atom. The Labute approximate surface area is 251 Å². The summed E-state index contributed by atoms with van der Waals surface area (Å²) in [5.74, 6) is -2.49. The van der Waals surface area contributed by atoms with Crippen LogP contribution in [-0.2, 0) is 23.9 Å². The van der Waals surface area contributed by atoms with Crippen molar-refractivity contribution < 1.29 is 29.0 Å². The van der Waals surface area contributed by atoms with Gasteiger partial charge in [-0.1, -0.05) is 40.2 Å².